The number of hydrogen-bond acceptors (Lipinski definition) is 2. The molecule has 0 radical (unpaired) electrons. The van der Waals surface area contributed by atoms with Crippen LogP contribution in [0.1, 0.15) is 50.8 Å². The van der Waals surface area contributed by atoms with Crippen molar-refractivity contribution < 1.29 is 5.11 Å². The summed E-state index contributed by atoms with van der Waals surface area (Å²) in [5, 5.41) is 10.1. The highest BCUT2D eigenvalue weighted by atomic mass is 16.3. The van der Waals surface area contributed by atoms with E-state index in [4.69, 9.17) is 0 Å². The second-order valence-electron chi connectivity index (χ2n) is 4.38. The lowest BCUT2D eigenvalue weighted by Gasteiger charge is -2.20. The van der Waals surface area contributed by atoms with Gasteiger partial charge in [0.15, 0.2) is 0 Å². The first-order valence-electron chi connectivity index (χ1n) is 6.02. The lowest BCUT2D eigenvalue weighted by atomic mass is 9.96. The molecule has 1 fully saturated rings. The number of aromatic nitrogens is 2. The van der Waals surface area contributed by atoms with E-state index in [2.05, 4.69) is 16.5 Å². The maximum absolute atomic E-state index is 10.1. The molecule has 2 unspecified atom stereocenters. The molecule has 0 saturated heterocycles. The lowest BCUT2D eigenvalue weighted by molar-refractivity contribution is 0.130. The monoisotopic (exact) mass is 208 g/mol. The van der Waals surface area contributed by atoms with Gasteiger partial charge in [-0.1, -0.05) is 19.3 Å². The summed E-state index contributed by atoms with van der Waals surface area (Å²) in [6.07, 6.45) is 9.30. The fourth-order valence-electron chi connectivity index (χ4n) is 2.51. The highest BCUT2D eigenvalue weighted by Gasteiger charge is 2.26. The van der Waals surface area contributed by atoms with E-state index in [-0.39, 0.29) is 12.0 Å². The van der Waals surface area contributed by atoms with E-state index in [9.17, 15) is 5.11 Å². The summed E-state index contributed by atoms with van der Waals surface area (Å²) in [4.78, 5) is 4.41. The van der Waals surface area contributed by atoms with Crippen LogP contribution >= 0.6 is 0 Å². The molecule has 3 nitrogen and oxygen atoms in total. The van der Waals surface area contributed by atoms with E-state index in [0.717, 1.165) is 31.6 Å². The molecule has 1 heterocycles. The first-order valence-corrected chi connectivity index (χ1v) is 6.02. The van der Waals surface area contributed by atoms with Gasteiger partial charge in [0.05, 0.1) is 6.10 Å². The third-order valence-electron chi connectivity index (χ3n) is 3.40. The van der Waals surface area contributed by atoms with Crippen molar-refractivity contribution in [1.29, 1.82) is 0 Å². The quantitative estimate of drug-likeness (QED) is 0.757. The second-order valence-corrected chi connectivity index (χ2v) is 4.38. The van der Waals surface area contributed by atoms with E-state index in [1.165, 1.54) is 12.8 Å². The van der Waals surface area contributed by atoms with Crippen LogP contribution in [-0.2, 0) is 6.54 Å². The zero-order valence-electron chi connectivity index (χ0n) is 9.39. The lowest BCUT2D eigenvalue weighted by Crippen LogP contribution is -2.20. The number of aliphatic hydroxyl groups is 1. The summed E-state index contributed by atoms with van der Waals surface area (Å²) in [5.74, 6) is 1.33. The molecular formula is C12H20N2O. The SMILES string of the molecule is CCn1ccnc1C1CCCCCC1O. The minimum absolute atomic E-state index is 0.194. The summed E-state index contributed by atoms with van der Waals surface area (Å²) >= 11 is 0. The van der Waals surface area contributed by atoms with E-state index < -0.39 is 0 Å². The maximum Gasteiger partial charge on any atom is 0.114 e. The molecule has 1 saturated carbocycles. The highest BCUT2D eigenvalue weighted by molar-refractivity contribution is 5.04. The number of imidazole rings is 1. The molecule has 2 rings (SSSR count). The molecule has 15 heavy (non-hydrogen) atoms. The van der Waals surface area contributed by atoms with Gasteiger partial charge < -0.3 is 9.67 Å². The molecular weight excluding hydrogens is 188 g/mol. The van der Waals surface area contributed by atoms with Crippen molar-refractivity contribution >= 4 is 0 Å². The van der Waals surface area contributed by atoms with Gasteiger partial charge in [-0.2, -0.15) is 0 Å². The summed E-state index contributed by atoms with van der Waals surface area (Å²) in [5.41, 5.74) is 0. The molecule has 0 amide bonds. The molecule has 0 bridgehead atoms. The number of hydrogen-bond donors (Lipinski definition) is 1. The Morgan fingerprint density at radius 2 is 2.20 bits per heavy atom. The third-order valence-corrected chi connectivity index (χ3v) is 3.40. The Kier molecular flexibility index (Phi) is 3.41. The van der Waals surface area contributed by atoms with E-state index >= 15 is 0 Å². The van der Waals surface area contributed by atoms with E-state index in [1.54, 1.807) is 0 Å². The summed E-state index contributed by atoms with van der Waals surface area (Å²) < 4.78 is 2.15. The molecule has 1 aromatic rings. The highest BCUT2D eigenvalue weighted by Crippen LogP contribution is 2.30. The molecule has 1 aliphatic carbocycles. The fourth-order valence-corrected chi connectivity index (χ4v) is 2.51. The standard InChI is InChI=1S/C12H20N2O/c1-2-14-9-8-13-12(14)10-6-4-3-5-7-11(10)15/h8-11,15H,2-7H2,1H3. The molecule has 0 aromatic carbocycles. The first-order chi connectivity index (χ1) is 7.33. The number of nitrogens with zero attached hydrogens (tertiary/aromatic N) is 2. The predicted octanol–water partition coefficient (Wildman–Crippen LogP) is 2.31. The number of aryl methyl sites for hydroxylation is 1. The van der Waals surface area contributed by atoms with Crippen molar-refractivity contribution in [3.63, 3.8) is 0 Å². The van der Waals surface area contributed by atoms with Crippen LogP contribution in [0.4, 0.5) is 0 Å². The summed E-state index contributed by atoms with van der Waals surface area (Å²) in [6.45, 7) is 3.06. The third kappa shape index (κ3) is 2.23. The Morgan fingerprint density at radius 1 is 1.40 bits per heavy atom. The zero-order valence-corrected chi connectivity index (χ0v) is 9.39. The molecule has 0 aliphatic heterocycles. The van der Waals surface area contributed by atoms with Gasteiger partial charge in [-0.3, -0.25) is 0 Å². The molecule has 1 aliphatic rings. The van der Waals surface area contributed by atoms with Crippen LogP contribution < -0.4 is 0 Å². The topological polar surface area (TPSA) is 38.0 Å². The Morgan fingerprint density at radius 3 is 3.00 bits per heavy atom. The van der Waals surface area contributed by atoms with Crippen LogP contribution in [0.5, 0.6) is 0 Å². The molecule has 3 heteroatoms. The smallest absolute Gasteiger partial charge is 0.114 e. The van der Waals surface area contributed by atoms with Crippen molar-refractivity contribution in [2.24, 2.45) is 0 Å². The Labute approximate surface area is 91.1 Å². The predicted molar refractivity (Wildman–Crippen MR) is 59.7 cm³/mol. The molecule has 84 valence electrons. The van der Waals surface area contributed by atoms with Crippen LogP contribution in [-0.4, -0.2) is 20.8 Å². The van der Waals surface area contributed by atoms with Gasteiger partial charge in [0.25, 0.3) is 0 Å². The van der Waals surface area contributed by atoms with Crippen LogP contribution in [0.2, 0.25) is 0 Å². The number of rotatable bonds is 2. The molecule has 1 aromatic heterocycles. The molecule has 0 spiro atoms. The zero-order chi connectivity index (χ0) is 10.7. The average Bonchev–Trinajstić information content (AvgIpc) is 2.61. The van der Waals surface area contributed by atoms with Crippen LogP contribution in [0.3, 0.4) is 0 Å². The van der Waals surface area contributed by atoms with Gasteiger partial charge in [-0.25, -0.2) is 4.98 Å². The normalized spacial score (nSPS) is 27.6. The van der Waals surface area contributed by atoms with E-state index in [1.807, 2.05) is 12.4 Å². The van der Waals surface area contributed by atoms with Crippen LogP contribution in [0.15, 0.2) is 12.4 Å². The van der Waals surface area contributed by atoms with E-state index in [0.29, 0.717) is 0 Å². The summed E-state index contributed by atoms with van der Waals surface area (Å²) in [7, 11) is 0. The van der Waals surface area contributed by atoms with Gasteiger partial charge in [0.1, 0.15) is 5.82 Å². The molecule has 1 N–H and O–H groups in total. The van der Waals surface area contributed by atoms with Crippen LogP contribution in [0, 0.1) is 0 Å². The van der Waals surface area contributed by atoms with Crippen molar-refractivity contribution in [3.05, 3.63) is 18.2 Å². The van der Waals surface area contributed by atoms with Crippen molar-refractivity contribution in [2.75, 3.05) is 0 Å². The second kappa shape index (κ2) is 4.79. The van der Waals surface area contributed by atoms with Crippen molar-refractivity contribution in [3.8, 4) is 0 Å². The fraction of sp³-hybridized carbons (Fsp3) is 0.750. The minimum Gasteiger partial charge on any atom is -0.392 e. The van der Waals surface area contributed by atoms with Gasteiger partial charge in [0.2, 0.25) is 0 Å². The summed E-state index contributed by atoms with van der Waals surface area (Å²) in [6, 6.07) is 0. The number of aliphatic hydroxyl groups excluding tert-OH is 1. The van der Waals surface area contributed by atoms with Crippen molar-refractivity contribution in [2.45, 2.75) is 57.6 Å². The average molecular weight is 208 g/mol. The Bertz CT molecular complexity index is 308. The molecule has 2 atom stereocenters. The van der Waals surface area contributed by atoms with Crippen LogP contribution in [0.25, 0.3) is 0 Å². The van der Waals surface area contributed by atoms with Gasteiger partial charge in [-0.15, -0.1) is 0 Å². The Balaban J connectivity index is 2.19. The minimum atomic E-state index is -0.194. The van der Waals surface area contributed by atoms with Gasteiger partial charge in [-0.05, 0) is 19.8 Å². The van der Waals surface area contributed by atoms with Crippen molar-refractivity contribution in [1.82, 2.24) is 9.55 Å². The maximum atomic E-state index is 10.1. The van der Waals surface area contributed by atoms with Gasteiger partial charge >= 0.3 is 0 Å². The van der Waals surface area contributed by atoms with Gasteiger partial charge in [0, 0.05) is 24.9 Å². The Hall–Kier alpha value is -0.830. The first kappa shape index (κ1) is 10.7. The largest absolute Gasteiger partial charge is 0.392 e.